The van der Waals surface area contributed by atoms with Gasteiger partial charge >= 0.3 is 116 Å². The molecule has 3 aromatic rings. The third kappa shape index (κ3) is 2.40. The van der Waals surface area contributed by atoms with E-state index in [4.69, 9.17) is 0 Å². The standard InChI is InChI=1S/C12H10N2SSe2/c1-7-5-16-11(13-7)9-3-4-10(15-9)12-14-8(2)6-17-12/h3-6H,1-2H3. The van der Waals surface area contributed by atoms with Crippen LogP contribution in [0.3, 0.4) is 0 Å². The van der Waals surface area contributed by atoms with Crippen LogP contribution in [0, 0.1) is 13.8 Å². The van der Waals surface area contributed by atoms with Gasteiger partial charge in [-0.1, -0.05) is 0 Å². The van der Waals surface area contributed by atoms with Crippen molar-refractivity contribution in [2.75, 3.05) is 0 Å². The van der Waals surface area contributed by atoms with Crippen LogP contribution in [0.25, 0.3) is 18.9 Å². The number of hydrogen-bond acceptors (Lipinski definition) is 3. The number of thiophene rings is 1. The Balaban J connectivity index is 1.98. The van der Waals surface area contributed by atoms with E-state index >= 15 is 0 Å². The fourth-order valence-electron chi connectivity index (χ4n) is 1.50. The summed E-state index contributed by atoms with van der Waals surface area (Å²) in [4.78, 5) is 16.3. The SMILES string of the molecule is Cc1c[se]c(-c2ccc(-c3nc(C)c[se]3)s2)n1. The summed E-state index contributed by atoms with van der Waals surface area (Å²) in [5.41, 5.74) is 2.32. The molecule has 3 heterocycles. The molecule has 0 unspecified atom stereocenters. The maximum absolute atomic E-state index is 4.58. The van der Waals surface area contributed by atoms with Crippen LogP contribution in [-0.2, 0) is 0 Å². The number of aryl methyl sites for hydroxylation is 2. The van der Waals surface area contributed by atoms with Crippen LogP contribution < -0.4 is 0 Å². The van der Waals surface area contributed by atoms with Gasteiger partial charge in [-0.25, -0.2) is 0 Å². The van der Waals surface area contributed by atoms with Crippen LogP contribution in [0.2, 0.25) is 0 Å². The van der Waals surface area contributed by atoms with E-state index in [1.165, 1.54) is 18.9 Å². The summed E-state index contributed by atoms with van der Waals surface area (Å²) >= 11 is 2.67. The number of nitrogens with zero attached hydrogens (tertiary/aromatic N) is 2. The van der Waals surface area contributed by atoms with Crippen molar-refractivity contribution < 1.29 is 0 Å². The molecule has 5 heteroatoms. The summed E-state index contributed by atoms with van der Waals surface area (Å²) in [6.45, 7) is 4.14. The Morgan fingerprint density at radius 2 is 1.35 bits per heavy atom. The zero-order valence-electron chi connectivity index (χ0n) is 9.43. The summed E-state index contributed by atoms with van der Waals surface area (Å²) in [5.74, 6) is 0. The zero-order chi connectivity index (χ0) is 11.8. The average Bonchev–Trinajstić information content (AvgIpc) is 2.96. The monoisotopic (exact) mass is 374 g/mol. The van der Waals surface area contributed by atoms with Gasteiger partial charge in [0.1, 0.15) is 0 Å². The topological polar surface area (TPSA) is 25.8 Å². The van der Waals surface area contributed by atoms with Gasteiger partial charge in [-0.05, 0) is 0 Å². The molecule has 0 N–H and O–H groups in total. The Kier molecular flexibility index (Phi) is 3.20. The molecule has 0 aliphatic rings. The Labute approximate surface area is 116 Å². The number of hydrogen-bond donors (Lipinski definition) is 0. The quantitative estimate of drug-likeness (QED) is 0.647. The predicted molar refractivity (Wildman–Crippen MR) is 74.1 cm³/mol. The number of aromatic nitrogens is 2. The summed E-state index contributed by atoms with van der Waals surface area (Å²) < 4.78 is 2.53. The van der Waals surface area contributed by atoms with Crippen molar-refractivity contribution in [1.29, 1.82) is 0 Å². The van der Waals surface area contributed by atoms with Crippen molar-refractivity contribution in [2.24, 2.45) is 0 Å². The Bertz CT molecular complexity index is 596. The molecule has 0 saturated carbocycles. The summed E-state index contributed by atoms with van der Waals surface area (Å²) in [6, 6.07) is 4.39. The third-order valence-corrected chi connectivity index (χ3v) is 8.12. The zero-order valence-corrected chi connectivity index (χ0v) is 13.7. The van der Waals surface area contributed by atoms with Crippen LogP contribution in [-0.4, -0.2) is 39.0 Å². The maximum atomic E-state index is 4.58. The first-order chi connectivity index (χ1) is 8.22. The number of rotatable bonds is 2. The van der Waals surface area contributed by atoms with E-state index in [9.17, 15) is 0 Å². The molecule has 3 aromatic heterocycles. The first-order valence-electron chi connectivity index (χ1n) is 5.17. The van der Waals surface area contributed by atoms with Gasteiger partial charge in [0.05, 0.1) is 0 Å². The van der Waals surface area contributed by atoms with Gasteiger partial charge in [0, 0.05) is 0 Å². The molecule has 0 atom stereocenters. The molecule has 0 aliphatic heterocycles. The van der Waals surface area contributed by atoms with Crippen LogP contribution in [0.15, 0.2) is 22.0 Å². The van der Waals surface area contributed by atoms with E-state index in [0.29, 0.717) is 29.0 Å². The van der Waals surface area contributed by atoms with Crippen molar-refractivity contribution in [3.05, 3.63) is 33.4 Å². The fourth-order valence-corrected chi connectivity index (χ4v) is 6.31. The Hall–Kier alpha value is -0.441. The molecule has 0 amide bonds. The van der Waals surface area contributed by atoms with Crippen LogP contribution in [0.4, 0.5) is 0 Å². The van der Waals surface area contributed by atoms with Crippen molar-refractivity contribution >= 4 is 40.3 Å². The molecule has 86 valence electrons. The molecule has 0 fully saturated rings. The van der Waals surface area contributed by atoms with E-state index in [0.717, 1.165) is 11.4 Å². The molecule has 0 aliphatic carbocycles. The normalized spacial score (nSPS) is 10.9. The second-order valence-corrected chi connectivity index (χ2v) is 8.44. The molecule has 0 spiro atoms. The summed E-state index contributed by atoms with van der Waals surface area (Å²) in [6.07, 6.45) is 0. The van der Waals surface area contributed by atoms with Crippen molar-refractivity contribution in [1.82, 2.24) is 9.97 Å². The Morgan fingerprint density at radius 1 is 0.882 bits per heavy atom. The summed E-state index contributed by atoms with van der Waals surface area (Å²) in [7, 11) is 0. The van der Waals surface area contributed by atoms with Gasteiger partial charge < -0.3 is 0 Å². The van der Waals surface area contributed by atoms with Crippen LogP contribution in [0.5, 0.6) is 0 Å². The molecule has 2 nitrogen and oxygen atoms in total. The van der Waals surface area contributed by atoms with E-state index in [1.807, 2.05) is 11.3 Å². The molecular formula is C12H10N2SSe2. The van der Waals surface area contributed by atoms with E-state index in [-0.39, 0.29) is 0 Å². The van der Waals surface area contributed by atoms with Crippen molar-refractivity contribution in [3.8, 4) is 18.9 Å². The van der Waals surface area contributed by atoms with E-state index < -0.39 is 0 Å². The molecule has 0 aromatic carbocycles. The van der Waals surface area contributed by atoms with Gasteiger partial charge in [-0.15, -0.1) is 0 Å². The van der Waals surface area contributed by atoms with Crippen LogP contribution >= 0.6 is 11.3 Å². The summed E-state index contributed by atoms with van der Waals surface area (Å²) in [5, 5.41) is 0. The second-order valence-electron chi connectivity index (χ2n) is 3.75. The molecule has 3 rings (SSSR count). The Morgan fingerprint density at radius 3 is 1.71 bits per heavy atom. The molecule has 0 bridgehead atoms. The van der Waals surface area contributed by atoms with Crippen molar-refractivity contribution in [3.63, 3.8) is 0 Å². The predicted octanol–water partition coefficient (Wildman–Crippen LogP) is 2.60. The van der Waals surface area contributed by atoms with Gasteiger partial charge in [-0.2, -0.15) is 0 Å². The third-order valence-electron chi connectivity index (χ3n) is 2.27. The fraction of sp³-hybridized carbons (Fsp3) is 0.167. The molecular weight excluding hydrogens is 362 g/mol. The van der Waals surface area contributed by atoms with E-state index in [2.05, 4.69) is 45.8 Å². The molecule has 17 heavy (non-hydrogen) atoms. The molecule has 0 radical (unpaired) electrons. The average molecular weight is 372 g/mol. The van der Waals surface area contributed by atoms with Crippen LogP contribution in [0.1, 0.15) is 11.4 Å². The van der Waals surface area contributed by atoms with Gasteiger partial charge in [0.2, 0.25) is 0 Å². The van der Waals surface area contributed by atoms with E-state index in [1.54, 1.807) is 0 Å². The second kappa shape index (κ2) is 4.68. The minimum absolute atomic E-state index is 0.420. The van der Waals surface area contributed by atoms with Gasteiger partial charge in [0.25, 0.3) is 0 Å². The van der Waals surface area contributed by atoms with Gasteiger partial charge in [-0.3, -0.25) is 0 Å². The van der Waals surface area contributed by atoms with Crippen molar-refractivity contribution in [2.45, 2.75) is 13.8 Å². The van der Waals surface area contributed by atoms with Gasteiger partial charge in [0.15, 0.2) is 0 Å². The minimum atomic E-state index is 0.420. The first-order valence-corrected chi connectivity index (χ1v) is 9.68. The first kappa shape index (κ1) is 11.6. The molecule has 0 saturated heterocycles.